The SMILES string of the molecule is Cc1ccc(C(=O)Nc2cc(C(=O)CC3CCN(C(=O)OC(C)(C)C)CC3)ccc2N2CCN(c3ccccc3C)CC2)o1. The summed E-state index contributed by atoms with van der Waals surface area (Å²) in [4.78, 5) is 45.5. The monoisotopic (exact) mass is 600 g/mol. The molecule has 3 aromatic rings. The number of carbonyl (C=O) groups excluding carboxylic acids is 3. The molecule has 1 aromatic heterocycles. The molecule has 9 nitrogen and oxygen atoms in total. The van der Waals surface area contributed by atoms with Gasteiger partial charge < -0.3 is 29.2 Å². The first-order valence-electron chi connectivity index (χ1n) is 15.6. The van der Waals surface area contributed by atoms with Crippen LogP contribution < -0.4 is 15.1 Å². The standard InChI is InChI=1S/C35H44N4O5/c1-24-8-6-7-9-29(24)37-18-20-38(21-19-37)30-12-11-27(23-28(30)36-33(41)32-13-10-25(2)43-32)31(40)22-26-14-16-39(17-15-26)34(42)44-35(3,4)5/h6-13,23,26H,14-22H2,1-5H3,(H,36,41). The number of carbonyl (C=O) groups is 3. The summed E-state index contributed by atoms with van der Waals surface area (Å²) in [6, 6.07) is 17.4. The molecular formula is C35H44N4O5. The summed E-state index contributed by atoms with van der Waals surface area (Å²) in [7, 11) is 0. The Balaban J connectivity index is 1.28. The van der Waals surface area contributed by atoms with Crippen LogP contribution in [0.25, 0.3) is 0 Å². The maximum atomic E-state index is 13.5. The van der Waals surface area contributed by atoms with E-state index in [2.05, 4.69) is 46.3 Å². The number of hydrogen-bond donors (Lipinski definition) is 1. The summed E-state index contributed by atoms with van der Waals surface area (Å²) in [6.45, 7) is 13.9. The van der Waals surface area contributed by atoms with Crippen LogP contribution in [0.5, 0.6) is 0 Å². The van der Waals surface area contributed by atoms with Crippen molar-refractivity contribution in [3.8, 4) is 0 Å². The number of nitrogens with zero attached hydrogens (tertiary/aromatic N) is 3. The number of piperidine rings is 1. The quantitative estimate of drug-likeness (QED) is 0.302. The average Bonchev–Trinajstić information content (AvgIpc) is 3.43. The van der Waals surface area contributed by atoms with E-state index < -0.39 is 5.60 Å². The Bertz CT molecular complexity index is 1490. The van der Waals surface area contributed by atoms with Gasteiger partial charge in [0.25, 0.3) is 5.91 Å². The number of amides is 2. The zero-order valence-electron chi connectivity index (χ0n) is 26.5. The molecule has 0 spiro atoms. The second-order valence-electron chi connectivity index (χ2n) is 12.9. The molecule has 0 radical (unpaired) electrons. The van der Waals surface area contributed by atoms with Gasteiger partial charge >= 0.3 is 6.09 Å². The van der Waals surface area contributed by atoms with Crippen molar-refractivity contribution >= 4 is 34.8 Å². The average molecular weight is 601 g/mol. The molecule has 0 aliphatic carbocycles. The van der Waals surface area contributed by atoms with E-state index in [9.17, 15) is 14.4 Å². The maximum absolute atomic E-state index is 13.5. The largest absolute Gasteiger partial charge is 0.456 e. The summed E-state index contributed by atoms with van der Waals surface area (Å²) in [5.74, 6) is 0.744. The fourth-order valence-electron chi connectivity index (χ4n) is 5.96. The Kier molecular flexibility index (Phi) is 9.32. The first kappa shape index (κ1) is 31.2. The van der Waals surface area contributed by atoms with Gasteiger partial charge in [0, 0.05) is 56.9 Å². The Morgan fingerprint density at radius 3 is 2.14 bits per heavy atom. The van der Waals surface area contributed by atoms with Crippen LogP contribution in [-0.4, -0.2) is 67.6 Å². The van der Waals surface area contributed by atoms with Crippen molar-refractivity contribution in [2.24, 2.45) is 5.92 Å². The van der Waals surface area contributed by atoms with Gasteiger partial charge in [0.1, 0.15) is 11.4 Å². The molecule has 0 bridgehead atoms. The minimum Gasteiger partial charge on any atom is -0.456 e. The molecule has 2 aromatic carbocycles. The molecule has 0 saturated carbocycles. The van der Waals surface area contributed by atoms with Crippen molar-refractivity contribution < 1.29 is 23.5 Å². The fourth-order valence-corrected chi connectivity index (χ4v) is 5.96. The first-order chi connectivity index (χ1) is 21.0. The molecule has 0 unspecified atom stereocenters. The fraction of sp³-hybridized carbons (Fsp3) is 0.457. The molecule has 2 aliphatic heterocycles. The molecule has 3 heterocycles. The number of rotatable bonds is 7. The van der Waals surface area contributed by atoms with Gasteiger partial charge in [-0.1, -0.05) is 18.2 Å². The predicted octanol–water partition coefficient (Wildman–Crippen LogP) is 6.70. The lowest BCUT2D eigenvalue weighted by Gasteiger charge is -2.38. The first-order valence-corrected chi connectivity index (χ1v) is 15.6. The highest BCUT2D eigenvalue weighted by atomic mass is 16.6. The molecule has 2 saturated heterocycles. The number of furan rings is 1. The highest BCUT2D eigenvalue weighted by molar-refractivity contribution is 6.06. The van der Waals surface area contributed by atoms with Crippen molar-refractivity contribution in [2.75, 3.05) is 54.4 Å². The number of ketones is 1. The van der Waals surface area contributed by atoms with Crippen LogP contribution in [0.4, 0.5) is 21.9 Å². The van der Waals surface area contributed by atoms with Gasteiger partial charge in [0.15, 0.2) is 11.5 Å². The minimum atomic E-state index is -0.534. The molecule has 2 fully saturated rings. The Hall–Kier alpha value is -4.27. The number of benzene rings is 2. The third kappa shape index (κ3) is 7.62. The smallest absolute Gasteiger partial charge is 0.410 e. The van der Waals surface area contributed by atoms with Crippen molar-refractivity contribution in [1.29, 1.82) is 0 Å². The zero-order valence-corrected chi connectivity index (χ0v) is 26.5. The van der Waals surface area contributed by atoms with Gasteiger partial charge in [-0.2, -0.15) is 0 Å². The van der Waals surface area contributed by atoms with Crippen molar-refractivity contribution in [1.82, 2.24) is 4.90 Å². The Morgan fingerprint density at radius 1 is 0.864 bits per heavy atom. The number of ether oxygens (including phenoxy) is 1. The number of likely N-dealkylation sites (tertiary alicyclic amines) is 1. The lowest BCUT2D eigenvalue weighted by Crippen LogP contribution is -2.47. The maximum Gasteiger partial charge on any atom is 0.410 e. The molecule has 5 rings (SSSR count). The number of nitrogens with one attached hydrogen (secondary N) is 1. The van der Waals surface area contributed by atoms with E-state index in [-0.39, 0.29) is 29.5 Å². The Morgan fingerprint density at radius 2 is 1.52 bits per heavy atom. The van der Waals surface area contributed by atoms with Gasteiger partial charge in [-0.05, 0) is 95.3 Å². The second-order valence-corrected chi connectivity index (χ2v) is 12.9. The summed E-state index contributed by atoms with van der Waals surface area (Å²) >= 11 is 0. The molecule has 9 heteroatoms. The minimum absolute atomic E-state index is 0.0287. The van der Waals surface area contributed by atoms with Crippen LogP contribution in [0.15, 0.2) is 59.0 Å². The van der Waals surface area contributed by atoms with E-state index in [0.717, 1.165) is 44.7 Å². The molecule has 0 atom stereocenters. The van der Waals surface area contributed by atoms with Crippen LogP contribution in [0.2, 0.25) is 0 Å². The number of aryl methyl sites for hydroxylation is 2. The van der Waals surface area contributed by atoms with Gasteiger partial charge in [-0.3, -0.25) is 9.59 Å². The van der Waals surface area contributed by atoms with Crippen LogP contribution in [0, 0.1) is 19.8 Å². The van der Waals surface area contributed by atoms with Crippen molar-refractivity contribution in [3.05, 3.63) is 77.2 Å². The third-order valence-corrected chi connectivity index (χ3v) is 8.35. The molecule has 44 heavy (non-hydrogen) atoms. The van der Waals surface area contributed by atoms with Crippen LogP contribution in [0.3, 0.4) is 0 Å². The number of para-hydroxylation sites is 1. The highest BCUT2D eigenvalue weighted by Gasteiger charge is 2.29. The van der Waals surface area contributed by atoms with Crippen molar-refractivity contribution in [3.63, 3.8) is 0 Å². The number of Topliss-reactive ketones (excluding diaryl/α,β-unsaturated/α-hetero) is 1. The molecule has 234 valence electrons. The summed E-state index contributed by atoms with van der Waals surface area (Å²) in [5, 5.41) is 3.03. The summed E-state index contributed by atoms with van der Waals surface area (Å²) in [6.07, 6.45) is 1.58. The molecule has 2 aliphatic rings. The van der Waals surface area contributed by atoms with Crippen molar-refractivity contribution in [2.45, 2.75) is 59.5 Å². The topological polar surface area (TPSA) is 95.3 Å². The molecule has 2 amide bonds. The summed E-state index contributed by atoms with van der Waals surface area (Å²) < 4.78 is 11.1. The molecular weight excluding hydrogens is 556 g/mol. The Labute approximate surface area is 260 Å². The van der Waals surface area contributed by atoms with Crippen LogP contribution >= 0.6 is 0 Å². The van der Waals surface area contributed by atoms with Gasteiger partial charge in [0.05, 0.1) is 11.4 Å². The number of piperazine rings is 1. The summed E-state index contributed by atoms with van der Waals surface area (Å²) in [5.41, 5.74) is 4.00. The second kappa shape index (κ2) is 13.2. The van der Waals surface area contributed by atoms with Crippen LogP contribution in [-0.2, 0) is 4.74 Å². The van der Waals surface area contributed by atoms with Gasteiger partial charge in [-0.15, -0.1) is 0 Å². The van der Waals surface area contributed by atoms with E-state index in [4.69, 9.17) is 9.15 Å². The third-order valence-electron chi connectivity index (χ3n) is 8.35. The molecule has 1 N–H and O–H groups in total. The van der Waals surface area contributed by atoms with E-state index in [1.165, 1.54) is 11.3 Å². The zero-order chi connectivity index (χ0) is 31.4. The lowest BCUT2D eigenvalue weighted by molar-refractivity contribution is 0.0183. The lowest BCUT2D eigenvalue weighted by atomic mass is 9.89. The predicted molar refractivity (Wildman–Crippen MR) is 173 cm³/mol. The van der Waals surface area contributed by atoms with E-state index in [0.29, 0.717) is 36.5 Å². The van der Waals surface area contributed by atoms with E-state index >= 15 is 0 Å². The number of hydrogen-bond acceptors (Lipinski definition) is 7. The van der Waals surface area contributed by atoms with E-state index in [1.807, 2.05) is 32.9 Å². The van der Waals surface area contributed by atoms with Crippen LogP contribution in [0.1, 0.15) is 72.3 Å². The highest BCUT2D eigenvalue weighted by Crippen LogP contribution is 2.32. The number of anilines is 3. The normalized spacial score (nSPS) is 16.2. The van der Waals surface area contributed by atoms with E-state index in [1.54, 1.807) is 30.0 Å². The van der Waals surface area contributed by atoms with Gasteiger partial charge in [0.2, 0.25) is 0 Å². The van der Waals surface area contributed by atoms with Gasteiger partial charge in [-0.25, -0.2) is 4.79 Å².